The van der Waals surface area contributed by atoms with Crippen molar-refractivity contribution in [2.45, 2.75) is 44.8 Å². The molecule has 2 unspecified atom stereocenters. The van der Waals surface area contributed by atoms with Gasteiger partial charge in [-0.05, 0) is 32.0 Å². The lowest BCUT2D eigenvalue weighted by molar-refractivity contribution is 0.0600. The van der Waals surface area contributed by atoms with Crippen LogP contribution < -0.4 is 10.9 Å². The molecule has 0 radical (unpaired) electrons. The van der Waals surface area contributed by atoms with Gasteiger partial charge in [-0.3, -0.25) is 15.8 Å². The lowest BCUT2D eigenvalue weighted by atomic mass is 10.1. The first-order valence-corrected chi connectivity index (χ1v) is 9.30. The van der Waals surface area contributed by atoms with Crippen molar-refractivity contribution in [2.75, 3.05) is 20.7 Å². The van der Waals surface area contributed by atoms with Crippen LogP contribution in [0.15, 0.2) is 28.8 Å². The van der Waals surface area contributed by atoms with Gasteiger partial charge in [0.1, 0.15) is 0 Å². The molecule has 8 heteroatoms. The van der Waals surface area contributed by atoms with Crippen LogP contribution in [0.25, 0.3) is 11.4 Å². The molecule has 1 fully saturated rings. The molecule has 2 N–H and O–H groups in total. The molecule has 0 aliphatic carbocycles. The van der Waals surface area contributed by atoms with Gasteiger partial charge in [-0.25, -0.2) is 4.79 Å². The topological polar surface area (TPSA) is 92.5 Å². The number of rotatable bonds is 8. The number of likely N-dealkylation sites (N-methyl/N-ethyl adjacent to an activating group) is 1. The zero-order valence-corrected chi connectivity index (χ0v) is 16.1. The number of carbonyl (C=O) groups is 1. The van der Waals surface area contributed by atoms with E-state index in [0.717, 1.165) is 18.5 Å². The van der Waals surface area contributed by atoms with Gasteiger partial charge in [0.15, 0.2) is 0 Å². The predicted molar refractivity (Wildman–Crippen MR) is 101 cm³/mol. The average Bonchev–Trinajstić information content (AvgIpc) is 3.31. The van der Waals surface area contributed by atoms with Crippen molar-refractivity contribution in [1.82, 2.24) is 25.9 Å². The lowest BCUT2D eigenvalue weighted by Crippen LogP contribution is -2.39. The van der Waals surface area contributed by atoms with Crippen LogP contribution in [0.4, 0.5) is 0 Å². The molecule has 3 rings (SSSR count). The summed E-state index contributed by atoms with van der Waals surface area (Å²) in [6.45, 7) is 3.69. The number of benzene rings is 1. The van der Waals surface area contributed by atoms with Crippen molar-refractivity contribution in [3.05, 3.63) is 35.7 Å². The van der Waals surface area contributed by atoms with Crippen molar-refractivity contribution >= 4 is 5.97 Å². The number of esters is 1. The molecular weight excluding hydrogens is 346 g/mol. The highest BCUT2D eigenvalue weighted by Crippen LogP contribution is 2.18. The van der Waals surface area contributed by atoms with Gasteiger partial charge in [-0.1, -0.05) is 30.6 Å². The minimum Gasteiger partial charge on any atom is -0.465 e. The molecule has 27 heavy (non-hydrogen) atoms. The number of ether oxygens (including phenoxy) is 1. The van der Waals surface area contributed by atoms with E-state index in [2.05, 4.69) is 32.8 Å². The second-order valence-corrected chi connectivity index (χ2v) is 6.98. The number of hydrogen-bond donors (Lipinski definition) is 2. The normalized spacial score (nSPS) is 19.6. The van der Waals surface area contributed by atoms with E-state index in [9.17, 15) is 4.79 Å². The second kappa shape index (κ2) is 9.07. The van der Waals surface area contributed by atoms with E-state index < -0.39 is 0 Å². The Morgan fingerprint density at radius 1 is 1.30 bits per heavy atom. The molecule has 1 aromatic carbocycles. The van der Waals surface area contributed by atoms with Crippen LogP contribution in [0.5, 0.6) is 0 Å². The first-order chi connectivity index (χ1) is 13.1. The highest BCUT2D eigenvalue weighted by Gasteiger charge is 2.24. The van der Waals surface area contributed by atoms with E-state index in [1.807, 2.05) is 7.05 Å². The van der Waals surface area contributed by atoms with Gasteiger partial charge in [-0.2, -0.15) is 4.98 Å². The molecule has 0 spiro atoms. The van der Waals surface area contributed by atoms with Crippen molar-refractivity contribution in [1.29, 1.82) is 0 Å². The molecule has 8 nitrogen and oxygen atoms in total. The van der Waals surface area contributed by atoms with Gasteiger partial charge in [0.25, 0.3) is 0 Å². The van der Waals surface area contributed by atoms with Gasteiger partial charge >= 0.3 is 5.97 Å². The van der Waals surface area contributed by atoms with Gasteiger partial charge < -0.3 is 9.26 Å². The maximum absolute atomic E-state index is 11.5. The second-order valence-electron chi connectivity index (χ2n) is 6.98. The number of aromatic nitrogens is 2. The minimum atomic E-state index is -0.367. The summed E-state index contributed by atoms with van der Waals surface area (Å²) >= 11 is 0. The number of hydrogen-bond acceptors (Lipinski definition) is 8. The first kappa shape index (κ1) is 19.5. The third-order valence-corrected chi connectivity index (χ3v) is 4.67. The molecule has 0 amide bonds. The number of methoxy groups -OCH3 is 1. The predicted octanol–water partition coefficient (Wildman–Crippen LogP) is 1.99. The first-order valence-electron chi connectivity index (χ1n) is 9.30. The van der Waals surface area contributed by atoms with Crippen molar-refractivity contribution in [2.24, 2.45) is 0 Å². The Kier molecular flexibility index (Phi) is 6.54. The van der Waals surface area contributed by atoms with E-state index in [-0.39, 0.29) is 5.97 Å². The SMILES string of the molecule is CCCC1CC(CN(C)Cc2nc(-c3ccc(C(=O)OC)cc3)no2)NN1. The summed E-state index contributed by atoms with van der Waals surface area (Å²) in [5.41, 5.74) is 8.01. The Balaban J connectivity index is 1.54. The molecule has 1 aromatic heterocycles. The smallest absolute Gasteiger partial charge is 0.337 e. The third-order valence-electron chi connectivity index (χ3n) is 4.67. The molecule has 2 atom stereocenters. The maximum Gasteiger partial charge on any atom is 0.337 e. The van der Waals surface area contributed by atoms with Crippen LogP contribution in [0.1, 0.15) is 42.4 Å². The largest absolute Gasteiger partial charge is 0.465 e. The van der Waals surface area contributed by atoms with Gasteiger partial charge in [0.05, 0.1) is 19.2 Å². The van der Waals surface area contributed by atoms with Crippen molar-refractivity contribution in [3.8, 4) is 11.4 Å². The standard InChI is InChI=1S/C19H27N5O3/c1-4-5-15-10-16(22-21-15)11-24(2)12-17-20-18(23-27-17)13-6-8-14(9-7-13)19(25)26-3/h6-9,15-16,21-22H,4-5,10-12H2,1-3H3. The number of carbonyl (C=O) groups excluding carboxylic acids is 1. The molecule has 2 aromatic rings. The molecule has 1 aliphatic heterocycles. The monoisotopic (exact) mass is 373 g/mol. The lowest BCUT2D eigenvalue weighted by Gasteiger charge is -2.18. The summed E-state index contributed by atoms with van der Waals surface area (Å²) in [6.07, 6.45) is 3.50. The van der Waals surface area contributed by atoms with Gasteiger partial charge in [0, 0.05) is 24.2 Å². The quantitative estimate of drug-likeness (QED) is 0.679. The Bertz CT molecular complexity index is 746. The van der Waals surface area contributed by atoms with E-state index in [1.54, 1.807) is 24.3 Å². The fourth-order valence-electron chi connectivity index (χ4n) is 3.34. The van der Waals surface area contributed by atoms with Crippen molar-refractivity contribution < 1.29 is 14.1 Å². The molecule has 1 aliphatic rings. The van der Waals surface area contributed by atoms with Gasteiger partial charge in [0.2, 0.25) is 11.7 Å². The highest BCUT2D eigenvalue weighted by atomic mass is 16.5. The van der Waals surface area contributed by atoms with Crippen LogP contribution in [-0.4, -0.2) is 53.8 Å². The van der Waals surface area contributed by atoms with Crippen LogP contribution in [0.3, 0.4) is 0 Å². The fraction of sp³-hybridized carbons (Fsp3) is 0.526. The Morgan fingerprint density at radius 3 is 2.74 bits per heavy atom. The third kappa shape index (κ3) is 5.12. The maximum atomic E-state index is 11.5. The van der Waals surface area contributed by atoms with Crippen LogP contribution in [-0.2, 0) is 11.3 Å². The van der Waals surface area contributed by atoms with E-state index in [1.165, 1.54) is 20.0 Å². The molecule has 146 valence electrons. The van der Waals surface area contributed by atoms with Crippen LogP contribution >= 0.6 is 0 Å². The molecule has 1 saturated heterocycles. The van der Waals surface area contributed by atoms with E-state index in [0.29, 0.717) is 35.9 Å². The summed E-state index contributed by atoms with van der Waals surface area (Å²) in [6, 6.07) is 7.92. The van der Waals surface area contributed by atoms with E-state index in [4.69, 9.17) is 9.26 Å². The fourth-order valence-corrected chi connectivity index (χ4v) is 3.34. The zero-order valence-electron chi connectivity index (χ0n) is 16.1. The Labute approximate surface area is 159 Å². The van der Waals surface area contributed by atoms with Crippen LogP contribution in [0, 0.1) is 0 Å². The number of nitrogens with zero attached hydrogens (tertiary/aromatic N) is 3. The van der Waals surface area contributed by atoms with E-state index >= 15 is 0 Å². The van der Waals surface area contributed by atoms with Gasteiger partial charge in [-0.15, -0.1) is 0 Å². The minimum absolute atomic E-state index is 0.367. The molecule has 2 heterocycles. The Hall–Kier alpha value is -2.29. The van der Waals surface area contributed by atoms with Crippen LogP contribution in [0.2, 0.25) is 0 Å². The molecular formula is C19H27N5O3. The van der Waals surface area contributed by atoms with Crippen molar-refractivity contribution in [3.63, 3.8) is 0 Å². The summed E-state index contributed by atoms with van der Waals surface area (Å²) in [5, 5.41) is 4.05. The summed E-state index contributed by atoms with van der Waals surface area (Å²) < 4.78 is 10.1. The average molecular weight is 373 g/mol. The summed E-state index contributed by atoms with van der Waals surface area (Å²) in [5.74, 6) is 0.715. The summed E-state index contributed by atoms with van der Waals surface area (Å²) in [4.78, 5) is 18.1. The Morgan fingerprint density at radius 2 is 2.04 bits per heavy atom. The number of hydrazine groups is 1. The zero-order chi connectivity index (χ0) is 19.2. The number of nitrogens with one attached hydrogen (secondary N) is 2. The molecule has 0 saturated carbocycles. The highest BCUT2D eigenvalue weighted by molar-refractivity contribution is 5.89. The molecule has 0 bridgehead atoms. The summed E-state index contributed by atoms with van der Waals surface area (Å²) in [7, 11) is 3.41.